The van der Waals surface area contributed by atoms with Gasteiger partial charge in [-0.15, -0.1) is 0 Å². The number of carbonyl (C=O) groups excluding carboxylic acids is 1. The van der Waals surface area contributed by atoms with Crippen LogP contribution in [0.1, 0.15) is 36.0 Å². The molecule has 0 bridgehead atoms. The number of nitrogen functional groups attached to an aromatic ring is 2. The molecule has 0 aliphatic heterocycles. The van der Waals surface area contributed by atoms with Crippen LogP contribution in [0.25, 0.3) is 0 Å². The largest absolute Gasteiger partial charge is 0.399 e. The molecule has 0 radical (unpaired) electrons. The van der Waals surface area contributed by atoms with Gasteiger partial charge in [0.15, 0.2) is 0 Å². The third-order valence-electron chi connectivity index (χ3n) is 3.48. The van der Waals surface area contributed by atoms with Gasteiger partial charge in [0.1, 0.15) is 0 Å². The van der Waals surface area contributed by atoms with Crippen LogP contribution in [0.5, 0.6) is 0 Å². The van der Waals surface area contributed by atoms with E-state index in [2.05, 4.69) is 5.32 Å². The minimum absolute atomic E-state index is 0.0312. The topological polar surface area (TPSA) is 101 Å². The number of aliphatic hydroxyl groups is 1. The Morgan fingerprint density at radius 3 is 2.28 bits per heavy atom. The second-order valence-electron chi connectivity index (χ2n) is 4.99. The van der Waals surface area contributed by atoms with Crippen LogP contribution in [0.15, 0.2) is 18.2 Å². The van der Waals surface area contributed by atoms with Crippen molar-refractivity contribution in [2.24, 2.45) is 0 Å². The molecular formula is C13H19N3O2. The highest BCUT2D eigenvalue weighted by Gasteiger charge is 2.34. The number of nitrogens with two attached hydrogens (primary N) is 2. The summed E-state index contributed by atoms with van der Waals surface area (Å²) in [7, 11) is 0. The van der Waals surface area contributed by atoms with Gasteiger partial charge in [0, 0.05) is 16.9 Å². The molecule has 6 N–H and O–H groups in total. The number of rotatable bonds is 3. The monoisotopic (exact) mass is 249 g/mol. The zero-order valence-corrected chi connectivity index (χ0v) is 10.3. The lowest BCUT2D eigenvalue weighted by molar-refractivity contribution is 0.0838. The quantitative estimate of drug-likeness (QED) is 0.597. The Hall–Kier alpha value is -1.75. The second-order valence-corrected chi connectivity index (χ2v) is 4.99. The summed E-state index contributed by atoms with van der Waals surface area (Å²) in [5.41, 5.74) is 12.2. The normalized spacial score (nSPS) is 17.6. The molecule has 1 aromatic carbocycles. The Morgan fingerprint density at radius 1 is 1.22 bits per heavy atom. The zero-order chi connectivity index (χ0) is 13.2. The molecule has 0 atom stereocenters. The Kier molecular flexibility index (Phi) is 3.43. The highest BCUT2D eigenvalue weighted by Crippen LogP contribution is 2.29. The van der Waals surface area contributed by atoms with Crippen LogP contribution in [0.3, 0.4) is 0 Å². The summed E-state index contributed by atoms with van der Waals surface area (Å²) in [4.78, 5) is 12.1. The molecule has 5 nitrogen and oxygen atoms in total. The van der Waals surface area contributed by atoms with E-state index in [9.17, 15) is 9.90 Å². The molecule has 0 saturated heterocycles. The molecule has 98 valence electrons. The number of benzene rings is 1. The maximum absolute atomic E-state index is 12.1. The molecule has 1 saturated carbocycles. The maximum atomic E-state index is 12.1. The van der Waals surface area contributed by atoms with Crippen molar-refractivity contribution in [2.75, 3.05) is 18.1 Å². The summed E-state index contributed by atoms with van der Waals surface area (Å²) < 4.78 is 0. The average Bonchev–Trinajstić information content (AvgIpc) is 2.77. The third-order valence-corrected chi connectivity index (χ3v) is 3.48. The number of carbonyl (C=O) groups is 1. The van der Waals surface area contributed by atoms with E-state index in [4.69, 9.17) is 11.5 Å². The summed E-state index contributed by atoms with van der Waals surface area (Å²) in [6, 6.07) is 4.78. The Bertz CT molecular complexity index is 433. The van der Waals surface area contributed by atoms with Gasteiger partial charge in [0.25, 0.3) is 5.91 Å². The maximum Gasteiger partial charge on any atom is 0.251 e. The van der Waals surface area contributed by atoms with Crippen LogP contribution < -0.4 is 16.8 Å². The SMILES string of the molecule is Nc1cc(N)cc(C(=O)NC2(CO)CCCC2)c1. The van der Waals surface area contributed by atoms with Gasteiger partial charge in [-0.25, -0.2) is 0 Å². The summed E-state index contributed by atoms with van der Waals surface area (Å²) in [5.74, 6) is -0.232. The molecule has 5 heteroatoms. The average molecular weight is 249 g/mol. The standard InChI is InChI=1S/C13H19N3O2/c14-10-5-9(6-11(15)7-10)12(18)16-13(8-17)3-1-2-4-13/h5-7,17H,1-4,8,14-15H2,(H,16,18). The van der Waals surface area contributed by atoms with E-state index in [-0.39, 0.29) is 12.5 Å². The van der Waals surface area contributed by atoms with Crippen LogP contribution in [-0.4, -0.2) is 23.2 Å². The van der Waals surface area contributed by atoms with E-state index in [1.807, 2.05) is 0 Å². The fourth-order valence-corrected chi connectivity index (χ4v) is 2.50. The van der Waals surface area contributed by atoms with Gasteiger partial charge in [-0.2, -0.15) is 0 Å². The smallest absolute Gasteiger partial charge is 0.251 e. The number of amides is 1. The molecule has 1 fully saturated rings. The van der Waals surface area contributed by atoms with E-state index in [1.54, 1.807) is 18.2 Å². The van der Waals surface area contributed by atoms with Gasteiger partial charge < -0.3 is 21.9 Å². The summed E-state index contributed by atoms with van der Waals surface area (Å²) in [6.45, 7) is -0.0312. The van der Waals surface area contributed by atoms with Gasteiger partial charge in [-0.3, -0.25) is 4.79 Å². The molecule has 18 heavy (non-hydrogen) atoms. The van der Waals surface area contributed by atoms with Crippen molar-refractivity contribution >= 4 is 17.3 Å². The minimum atomic E-state index is -0.476. The predicted octanol–water partition coefficient (Wildman–Crippen LogP) is 0.886. The van der Waals surface area contributed by atoms with Crippen LogP contribution in [0, 0.1) is 0 Å². The van der Waals surface area contributed by atoms with E-state index in [0.717, 1.165) is 25.7 Å². The minimum Gasteiger partial charge on any atom is -0.399 e. The first-order valence-electron chi connectivity index (χ1n) is 6.14. The first-order chi connectivity index (χ1) is 8.54. The van der Waals surface area contributed by atoms with E-state index in [1.165, 1.54) is 0 Å². The van der Waals surface area contributed by atoms with Crippen LogP contribution in [0.4, 0.5) is 11.4 Å². The van der Waals surface area contributed by atoms with Crippen LogP contribution in [0.2, 0.25) is 0 Å². The summed E-state index contributed by atoms with van der Waals surface area (Å²) in [6.07, 6.45) is 3.68. The molecule has 0 unspecified atom stereocenters. The van der Waals surface area contributed by atoms with Crippen molar-refractivity contribution in [3.8, 4) is 0 Å². The summed E-state index contributed by atoms with van der Waals surface area (Å²) >= 11 is 0. The highest BCUT2D eigenvalue weighted by molar-refractivity contribution is 5.96. The highest BCUT2D eigenvalue weighted by atomic mass is 16.3. The van der Waals surface area contributed by atoms with Gasteiger partial charge >= 0.3 is 0 Å². The molecular weight excluding hydrogens is 230 g/mol. The lowest BCUT2D eigenvalue weighted by atomic mass is 9.98. The predicted molar refractivity (Wildman–Crippen MR) is 71.0 cm³/mol. The van der Waals surface area contributed by atoms with Crippen molar-refractivity contribution in [2.45, 2.75) is 31.2 Å². The van der Waals surface area contributed by atoms with Gasteiger partial charge in [0.2, 0.25) is 0 Å². The zero-order valence-electron chi connectivity index (χ0n) is 10.3. The number of nitrogens with one attached hydrogen (secondary N) is 1. The van der Waals surface area contributed by atoms with Crippen molar-refractivity contribution in [1.29, 1.82) is 0 Å². The van der Waals surface area contributed by atoms with Crippen LogP contribution >= 0.6 is 0 Å². The Labute approximate surface area is 106 Å². The Morgan fingerprint density at radius 2 is 1.78 bits per heavy atom. The van der Waals surface area contributed by atoms with E-state index >= 15 is 0 Å². The molecule has 0 spiro atoms. The molecule has 0 heterocycles. The lowest BCUT2D eigenvalue weighted by Crippen LogP contribution is -2.49. The molecule has 1 aromatic rings. The van der Waals surface area contributed by atoms with Crippen LogP contribution in [-0.2, 0) is 0 Å². The first kappa shape index (κ1) is 12.7. The molecule has 0 aromatic heterocycles. The van der Waals surface area contributed by atoms with E-state index < -0.39 is 5.54 Å². The third kappa shape index (κ3) is 2.56. The molecule has 2 rings (SSSR count). The van der Waals surface area contributed by atoms with Gasteiger partial charge in [-0.1, -0.05) is 12.8 Å². The number of anilines is 2. The van der Waals surface area contributed by atoms with Crippen molar-refractivity contribution in [3.05, 3.63) is 23.8 Å². The van der Waals surface area contributed by atoms with E-state index in [0.29, 0.717) is 16.9 Å². The fraction of sp³-hybridized carbons (Fsp3) is 0.462. The fourth-order valence-electron chi connectivity index (χ4n) is 2.50. The van der Waals surface area contributed by atoms with Crippen molar-refractivity contribution < 1.29 is 9.90 Å². The lowest BCUT2D eigenvalue weighted by Gasteiger charge is -2.28. The van der Waals surface area contributed by atoms with Gasteiger partial charge in [-0.05, 0) is 31.0 Å². The Balaban J connectivity index is 2.16. The molecule has 1 aliphatic rings. The summed E-state index contributed by atoms with van der Waals surface area (Å²) in [5, 5.41) is 12.4. The van der Waals surface area contributed by atoms with Crippen molar-refractivity contribution in [3.63, 3.8) is 0 Å². The second kappa shape index (κ2) is 4.86. The van der Waals surface area contributed by atoms with Crippen molar-refractivity contribution in [1.82, 2.24) is 5.32 Å². The molecule has 1 amide bonds. The van der Waals surface area contributed by atoms with Gasteiger partial charge in [0.05, 0.1) is 12.1 Å². The molecule has 1 aliphatic carbocycles. The number of hydrogen-bond acceptors (Lipinski definition) is 4. The number of aliphatic hydroxyl groups excluding tert-OH is 1. The first-order valence-corrected chi connectivity index (χ1v) is 6.14. The number of hydrogen-bond donors (Lipinski definition) is 4.